The fourth-order valence-electron chi connectivity index (χ4n) is 3.96. The molecule has 1 N–H and O–H groups in total. The van der Waals surface area contributed by atoms with Crippen molar-refractivity contribution in [1.29, 1.82) is 5.26 Å². The number of likely N-dealkylation sites (N-methyl/N-ethyl adjacent to an activating group) is 1. The summed E-state index contributed by atoms with van der Waals surface area (Å²) in [6.45, 7) is 11.7. The maximum Gasteiger partial charge on any atom is 0.241 e. The number of carbonyl (C=O) groups excluding carboxylic acids is 1. The standard InChI is InChI=1S/C20H28ClN5O/c1-3-24-8-10-25(11-9-24)18-6-7-26(14-18)15(2)20(27)23-17-5-4-16(13-22)19(21)12-17/h4-5,12,15,18H,3,6-11,14H2,1-2H3,(H,23,27). The summed E-state index contributed by atoms with van der Waals surface area (Å²) in [7, 11) is 0. The second-order valence-electron chi connectivity index (χ2n) is 7.38. The van der Waals surface area contributed by atoms with Gasteiger partial charge in [0.05, 0.1) is 16.6 Å². The number of anilines is 1. The summed E-state index contributed by atoms with van der Waals surface area (Å²) >= 11 is 6.05. The molecule has 7 heteroatoms. The number of rotatable bonds is 5. The Kier molecular flexibility index (Phi) is 6.72. The molecular formula is C20H28ClN5O. The van der Waals surface area contributed by atoms with Gasteiger partial charge in [-0.25, -0.2) is 0 Å². The Hall–Kier alpha value is -1.65. The predicted molar refractivity (Wildman–Crippen MR) is 108 cm³/mol. The van der Waals surface area contributed by atoms with E-state index in [1.165, 1.54) is 0 Å². The van der Waals surface area contributed by atoms with E-state index in [9.17, 15) is 4.79 Å². The number of halogens is 1. The Bertz CT molecular complexity index is 711. The van der Waals surface area contributed by atoms with Gasteiger partial charge in [-0.3, -0.25) is 14.6 Å². The van der Waals surface area contributed by atoms with Crippen LogP contribution in [0.5, 0.6) is 0 Å². The smallest absolute Gasteiger partial charge is 0.241 e. The van der Waals surface area contributed by atoms with Crippen LogP contribution < -0.4 is 5.32 Å². The first-order valence-electron chi connectivity index (χ1n) is 9.72. The van der Waals surface area contributed by atoms with Crippen LogP contribution in [0, 0.1) is 11.3 Å². The zero-order valence-electron chi connectivity index (χ0n) is 16.1. The number of likely N-dealkylation sites (tertiary alicyclic amines) is 1. The van der Waals surface area contributed by atoms with E-state index in [0.29, 0.717) is 22.3 Å². The third-order valence-electron chi connectivity index (χ3n) is 5.85. The van der Waals surface area contributed by atoms with Gasteiger partial charge in [-0.05, 0) is 38.1 Å². The summed E-state index contributed by atoms with van der Waals surface area (Å²) in [5.41, 5.74) is 1.04. The summed E-state index contributed by atoms with van der Waals surface area (Å²) in [4.78, 5) is 20.0. The molecule has 2 unspecified atom stereocenters. The van der Waals surface area contributed by atoms with Gasteiger partial charge in [-0.15, -0.1) is 0 Å². The highest BCUT2D eigenvalue weighted by atomic mass is 35.5. The molecule has 1 aromatic rings. The van der Waals surface area contributed by atoms with Crippen molar-refractivity contribution >= 4 is 23.2 Å². The molecule has 0 aliphatic carbocycles. The Morgan fingerprint density at radius 3 is 2.70 bits per heavy atom. The fourth-order valence-corrected chi connectivity index (χ4v) is 4.18. The van der Waals surface area contributed by atoms with Gasteiger partial charge in [0.1, 0.15) is 6.07 Å². The molecule has 0 saturated carbocycles. The molecule has 6 nitrogen and oxygen atoms in total. The molecule has 0 bridgehead atoms. The minimum absolute atomic E-state index is 0.0350. The van der Waals surface area contributed by atoms with Crippen molar-refractivity contribution in [3.8, 4) is 6.07 Å². The monoisotopic (exact) mass is 389 g/mol. The summed E-state index contributed by atoms with van der Waals surface area (Å²) in [6.07, 6.45) is 1.12. The average Bonchev–Trinajstić information content (AvgIpc) is 3.17. The summed E-state index contributed by atoms with van der Waals surface area (Å²) in [6, 6.07) is 7.35. The van der Waals surface area contributed by atoms with Crippen molar-refractivity contribution in [2.75, 3.05) is 51.1 Å². The van der Waals surface area contributed by atoms with E-state index in [0.717, 1.165) is 52.2 Å². The van der Waals surface area contributed by atoms with Gasteiger partial charge in [0.15, 0.2) is 0 Å². The van der Waals surface area contributed by atoms with Crippen molar-refractivity contribution in [2.24, 2.45) is 0 Å². The largest absolute Gasteiger partial charge is 0.325 e. The maximum absolute atomic E-state index is 12.6. The Labute approximate surface area is 166 Å². The molecule has 2 aliphatic rings. The van der Waals surface area contributed by atoms with E-state index in [2.05, 4.69) is 26.9 Å². The van der Waals surface area contributed by atoms with E-state index in [4.69, 9.17) is 16.9 Å². The molecule has 0 spiro atoms. The number of hydrogen-bond acceptors (Lipinski definition) is 5. The summed E-state index contributed by atoms with van der Waals surface area (Å²) < 4.78 is 0. The van der Waals surface area contributed by atoms with Gasteiger partial charge >= 0.3 is 0 Å². The number of nitrogens with one attached hydrogen (secondary N) is 1. The van der Waals surface area contributed by atoms with E-state index < -0.39 is 0 Å². The number of carbonyl (C=O) groups is 1. The number of hydrogen-bond donors (Lipinski definition) is 1. The number of piperazine rings is 1. The summed E-state index contributed by atoms with van der Waals surface area (Å²) in [5, 5.41) is 12.2. The van der Waals surface area contributed by atoms with Crippen LogP contribution >= 0.6 is 11.6 Å². The Morgan fingerprint density at radius 1 is 1.33 bits per heavy atom. The van der Waals surface area contributed by atoms with E-state index in [-0.39, 0.29) is 11.9 Å². The van der Waals surface area contributed by atoms with Crippen LogP contribution in [-0.2, 0) is 4.79 Å². The van der Waals surface area contributed by atoms with Gasteiger partial charge < -0.3 is 10.2 Å². The third kappa shape index (κ3) is 4.80. The second-order valence-corrected chi connectivity index (χ2v) is 7.79. The Morgan fingerprint density at radius 2 is 2.07 bits per heavy atom. The first kappa shape index (κ1) is 20.1. The molecule has 2 atom stereocenters. The van der Waals surface area contributed by atoms with Gasteiger partial charge in [-0.1, -0.05) is 18.5 Å². The van der Waals surface area contributed by atoms with Crippen LogP contribution in [0.1, 0.15) is 25.8 Å². The first-order valence-corrected chi connectivity index (χ1v) is 10.1. The quantitative estimate of drug-likeness (QED) is 0.836. The molecule has 2 aliphatic heterocycles. The lowest BCUT2D eigenvalue weighted by Crippen LogP contribution is -2.51. The van der Waals surface area contributed by atoms with E-state index in [1.54, 1.807) is 18.2 Å². The normalized spacial score (nSPS) is 23.1. The van der Waals surface area contributed by atoms with Gasteiger partial charge in [0.2, 0.25) is 5.91 Å². The van der Waals surface area contributed by atoms with Crippen LogP contribution in [0.25, 0.3) is 0 Å². The van der Waals surface area contributed by atoms with Crippen LogP contribution in [0.2, 0.25) is 5.02 Å². The third-order valence-corrected chi connectivity index (χ3v) is 6.16. The molecule has 27 heavy (non-hydrogen) atoms. The number of nitriles is 1. The second kappa shape index (κ2) is 9.03. The highest BCUT2D eigenvalue weighted by Gasteiger charge is 2.33. The summed E-state index contributed by atoms with van der Waals surface area (Å²) in [5.74, 6) is -0.0350. The van der Waals surface area contributed by atoms with Crippen LogP contribution in [0.3, 0.4) is 0 Å². The number of nitrogens with zero attached hydrogens (tertiary/aromatic N) is 4. The van der Waals surface area contributed by atoms with Crippen LogP contribution in [0.15, 0.2) is 18.2 Å². The van der Waals surface area contributed by atoms with Crippen molar-refractivity contribution in [2.45, 2.75) is 32.4 Å². The van der Waals surface area contributed by atoms with E-state index in [1.807, 2.05) is 13.0 Å². The lowest BCUT2D eigenvalue weighted by molar-refractivity contribution is -0.120. The molecule has 1 amide bonds. The van der Waals surface area contributed by atoms with Gasteiger partial charge in [0, 0.05) is 51.0 Å². The molecule has 0 radical (unpaired) electrons. The number of amides is 1. The average molecular weight is 390 g/mol. The lowest BCUT2D eigenvalue weighted by atomic mass is 10.2. The fraction of sp³-hybridized carbons (Fsp3) is 0.600. The topological polar surface area (TPSA) is 62.6 Å². The van der Waals surface area contributed by atoms with Gasteiger partial charge in [0.25, 0.3) is 0 Å². The SMILES string of the molecule is CCN1CCN(C2CCN(C(C)C(=O)Nc3ccc(C#N)c(Cl)c3)C2)CC1. The first-order chi connectivity index (χ1) is 13.0. The predicted octanol–water partition coefficient (Wildman–Crippen LogP) is 2.25. The van der Waals surface area contributed by atoms with Crippen molar-refractivity contribution < 1.29 is 4.79 Å². The molecule has 2 saturated heterocycles. The zero-order valence-corrected chi connectivity index (χ0v) is 16.9. The molecule has 3 rings (SSSR count). The zero-order chi connectivity index (χ0) is 19.4. The van der Waals surface area contributed by atoms with Crippen molar-refractivity contribution in [3.63, 3.8) is 0 Å². The number of benzene rings is 1. The van der Waals surface area contributed by atoms with E-state index >= 15 is 0 Å². The molecule has 0 aromatic heterocycles. The maximum atomic E-state index is 12.6. The Balaban J connectivity index is 1.52. The minimum atomic E-state index is -0.193. The van der Waals surface area contributed by atoms with Crippen molar-refractivity contribution in [1.82, 2.24) is 14.7 Å². The van der Waals surface area contributed by atoms with Crippen LogP contribution in [0.4, 0.5) is 5.69 Å². The molecule has 2 heterocycles. The molecular weight excluding hydrogens is 362 g/mol. The molecule has 146 valence electrons. The highest BCUT2D eigenvalue weighted by Crippen LogP contribution is 2.22. The minimum Gasteiger partial charge on any atom is -0.325 e. The molecule has 2 fully saturated rings. The van der Waals surface area contributed by atoms with Crippen molar-refractivity contribution in [3.05, 3.63) is 28.8 Å². The van der Waals surface area contributed by atoms with Gasteiger partial charge in [-0.2, -0.15) is 5.26 Å². The lowest BCUT2D eigenvalue weighted by Gasteiger charge is -2.37. The highest BCUT2D eigenvalue weighted by molar-refractivity contribution is 6.32. The molecule has 1 aromatic carbocycles. The van der Waals surface area contributed by atoms with Crippen LogP contribution in [-0.4, -0.2) is 78.5 Å².